The van der Waals surface area contributed by atoms with Crippen molar-refractivity contribution in [3.05, 3.63) is 0 Å². The molecule has 1 amide bonds. The zero-order valence-electron chi connectivity index (χ0n) is 12.8. The molecule has 2 saturated carbocycles. The SMILES string of the molecule is CC(C)(C)OC(=O)NC1CC(NC2CCCCC2O)C1. The number of hydrogen-bond donors (Lipinski definition) is 3. The van der Waals surface area contributed by atoms with Gasteiger partial charge in [0.25, 0.3) is 0 Å². The smallest absolute Gasteiger partial charge is 0.407 e. The number of rotatable bonds is 3. The Bertz CT molecular complexity index is 335. The minimum absolute atomic E-state index is 0.197. The number of alkyl carbamates (subject to hydrolysis) is 1. The van der Waals surface area contributed by atoms with E-state index in [1.807, 2.05) is 20.8 Å². The van der Waals surface area contributed by atoms with E-state index in [1.165, 1.54) is 6.42 Å². The molecule has 2 aliphatic carbocycles. The lowest BCUT2D eigenvalue weighted by Gasteiger charge is -2.41. The molecule has 116 valence electrons. The monoisotopic (exact) mass is 284 g/mol. The molecule has 0 aromatic heterocycles. The maximum absolute atomic E-state index is 11.6. The summed E-state index contributed by atoms with van der Waals surface area (Å²) in [6.07, 6.45) is 5.59. The maximum Gasteiger partial charge on any atom is 0.407 e. The summed E-state index contributed by atoms with van der Waals surface area (Å²) >= 11 is 0. The van der Waals surface area contributed by atoms with Gasteiger partial charge in [-0.15, -0.1) is 0 Å². The van der Waals surface area contributed by atoms with Gasteiger partial charge < -0.3 is 20.5 Å². The van der Waals surface area contributed by atoms with E-state index in [4.69, 9.17) is 4.74 Å². The standard InChI is InChI=1S/C15H28N2O3/c1-15(2,3)20-14(19)17-11-8-10(9-11)16-12-6-4-5-7-13(12)18/h10-13,16,18H,4-9H2,1-3H3,(H,17,19). The number of nitrogens with one attached hydrogen (secondary N) is 2. The van der Waals surface area contributed by atoms with Crippen molar-refractivity contribution in [2.75, 3.05) is 0 Å². The van der Waals surface area contributed by atoms with Gasteiger partial charge >= 0.3 is 6.09 Å². The predicted octanol–water partition coefficient (Wildman–Crippen LogP) is 1.94. The van der Waals surface area contributed by atoms with Crippen LogP contribution in [0.2, 0.25) is 0 Å². The number of aliphatic hydroxyl groups excluding tert-OH is 1. The Balaban J connectivity index is 1.63. The van der Waals surface area contributed by atoms with Crippen LogP contribution in [-0.2, 0) is 4.74 Å². The number of carbonyl (C=O) groups excluding carboxylic acids is 1. The van der Waals surface area contributed by atoms with Crippen molar-refractivity contribution in [3.63, 3.8) is 0 Å². The fourth-order valence-electron chi connectivity index (χ4n) is 2.95. The van der Waals surface area contributed by atoms with Crippen molar-refractivity contribution < 1.29 is 14.6 Å². The predicted molar refractivity (Wildman–Crippen MR) is 77.6 cm³/mol. The van der Waals surface area contributed by atoms with Gasteiger partial charge in [0.15, 0.2) is 0 Å². The summed E-state index contributed by atoms with van der Waals surface area (Å²) in [4.78, 5) is 11.6. The second-order valence-corrected chi connectivity index (χ2v) is 7.14. The number of ether oxygens (including phenoxy) is 1. The highest BCUT2D eigenvalue weighted by Crippen LogP contribution is 2.25. The van der Waals surface area contributed by atoms with Crippen molar-refractivity contribution in [2.45, 2.75) is 89.1 Å². The Labute approximate surface area is 121 Å². The van der Waals surface area contributed by atoms with Crippen LogP contribution < -0.4 is 10.6 Å². The van der Waals surface area contributed by atoms with Crippen LogP contribution in [0, 0.1) is 0 Å². The lowest BCUT2D eigenvalue weighted by Crippen LogP contribution is -2.57. The fourth-order valence-corrected chi connectivity index (χ4v) is 2.95. The molecule has 0 radical (unpaired) electrons. The molecule has 0 saturated heterocycles. The molecule has 3 N–H and O–H groups in total. The van der Waals surface area contributed by atoms with Gasteiger partial charge in [0.1, 0.15) is 5.60 Å². The molecule has 0 aliphatic heterocycles. The van der Waals surface area contributed by atoms with Crippen LogP contribution in [0.25, 0.3) is 0 Å². The Hall–Kier alpha value is -0.810. The summed E-state index contributed by atoms with van der Waals surface area (Å²) in [6, 6.07) is 0.840. The summed E-state index contributed by atoms with van der Waals surface area (Å²) in [5.41, 5.74) is -0.447. The van der Waals surface area contributed by atoms with Gasteiger partial charge in [-0.2, -0.15) is 0 Å². The fraction of sp³-hybridized carbons (Fsp3) is 0.933. The van der Waals surface area contributed by atoms with Gasteiger partial charge in [-0.1, -0.05) is 12.8 Å². The quantitative estimate of drug-likeness (QED) is 0.740. The van der Waals surface area contributed by atoms with E-state index < -0.39 is 5.60 Å². The molecule has 2 unspecified atom stereocenters. The maximum atomic E-state index is 11.6. The third-order valence-electron chi connectivity index (χ3n) is 4.04. The molecule has 2 fully saturated rings. The molecule has 0 heterocycles. The first kappa shape index (κ1) is 15.6. The van der Waals surface area contributed by atoms with E-state index in [2.05, 4.69) is 10.6 Å². The molecule has 2 aliphatic rings. The topological polar surface area (TPSA) is 70.6 Å². The Morgan fingerprint density at radius 3 is 2.40 bits per heavy atom. The minimum atomic E-state index is -0.447. The normalized spacial score (nSPS) is 34.2. The van der Waals surface area contributed by atoms with Gasteiger partial charge in [-0.05, 0) is 46.5 Å². The average molecular weight is 284 g/mol. The first-order valence-corrected chi connectivity index (χ1v) is 7.77. The summed E-state index contributed by atoms with van der Waals surface area (Å²) in [5.74, 6) is 0. The van der Waals surface area contributed by atoms with Crippen molar-refractivity contribution in [3.8, 4) is 0 Å². The van der Waals surface area contributed by atoms with Crippen LogP contribution in [0.4, 0.5) is 4.79 Å². The highest BCUT2D eigenvalue weighted by Gasteiger charge is 2.34. The summed E-state index contributed by atoms with van der Waals surface area (Å²) in [5, 5.41) is 16.3. The van der Waals surface area contributed by atoms with Crippen LogP contribution in [0.5, 0.6) is 0 Å². The van der Waals surface area contributed by atoms with Crippen LogP contribution >= 0.6 is 0 Å². The molecule has 20 heavy (non-hydrogen) atoms. The Kier molecular flexibility index (Phi) is 4.91. The Morgan fingerprint density at radius 2 is 1.80 bits per heavy atom. The second kappa shape index (κ2) is 6.31. The first-order chi connectivity index (χ1) is 9.33. The van der Waals surface area contributed by atoms with Crippen LogP contribution in [-0.4, -0.2) is 41.0 Å². The molecule has 5 nitrogen and oxygen atoms in total. The van der Waals surface area contributed by atoms with E-state index in [0.717, 1.165) is 32.1 Å². The molecule has 0 aromatic carbocycles. The lowest BCUT2D eigenvalue weighted by atomic mass is 9.84. The van der Waals surface area contributed by atoms with Gasteiger partial charge in [0, 0.05) is 18.1 Å². The zero-order valence-corrected chi connectivity index (χ0v) is 12.8. The average Bonchev–Trinajstić information content (AvgIpc) is 2.26. The van der Waals surface area contributed by atoms with E-state index in [9.17, 15) is 9.90 Å². The number of hydrogen-bond acceptors (Lipinski definition) is 4. The molecule has 0 aromatic rings. The van der Waals surface area contributed by atoms with Crippen molar-refractivity contribution in [2.24, 2.45) is 0 Å². The minimum Gasteiger partial charge on any atom is -0.444 e. The number of aliphatic hydroxyl groups is 1. The summed E-state index contributed by atoms with van der Waals surface area (Å²) in [7, 11) is 0. The van der Waals surface area contributed by atoms with Crippen LogP contribution in [0.1, 0.15) is 59.3 Å². The first-order valence-electron chi connectivity index (χ1n) is 7.77. The zero-order chi connectivity index (χ0) is 14.8. The molecule has 2 atom stereocenters. The van der Waals surface area contributed by atoms with Gasteiger partial charge in [0.05, 0.1) is 6.10 Å². The number of carbonyl (C=O) groups is 1. The van der Waals surface area contributed by atoms with Crippen molar-refractivity contribution in [1.29, 1.82) is 0 Å². The van der Waals surface area contributed by atoms with Crippen molar-refractivity contribution in [1.82, 2.24) is 10.6 Å². The molecule has 0 bridgehead atoms. The van der Waals surface area contributed by atoms with Gasteiger partial charge in [-0.25, -0.2) is 4.79 Å². The largest absolute Gasteiger partial charge is 0.444 e. The van der Waals surface area contributed by atoms with Gasteiger partial charge in [-0.3, -0.25) is 0 Å². The summed E-state index contributed by atoms with van der Waals surface area (Å²) in [6.45, 7) is 5.59. The third kappa shape index (κ3) is 4.63. The van der Waals surface area contributed by atoms with E-state index in [1.54, 1.807) is 0 Å². The van der Waals surface area contributed by atoms with Gasteiger partial charge in [0.2, 0.25) is 0 Å². The molecular weight excluding hydrogens is 256 g/mol. The van der Waals surface area contributed by atoms with Crippen LogP contribution in [0.15, 0.2) is 0 Å². The highest BCUT2D eigenvalue weighted by molar-refractivity contribution is 5.68. The molecule has 0 spiro atoms. The lowest BCUT2D eigenvalue weighted by molar-refractivity contribution is 0.0431. The van der Waals surface area contributed by atoms with E-state index >= 15 is 0 Å². The van der Waals surface area contributed by atoms with E-state index in [0.29, 0.717) is 6.04 Å². The van der Waals surface area contributed by atoms with E-state index in [-0.39, 0.29) is 24.3 Å². The van der Waals surface area contributed by atoms with Crippen LogP contribution in [0.3, 0.4) is 0 Å². The molecule has 5 heteroatoms. The third-order valence-corrected chi connectivity index (χ3v) is 4.04. The second-order valence-electron chi connectivity index (χ2n) is 7.14. The summed E-state index contributed by atoms with van der Waals surface area (Å²) < 4.78 is 5.24. The molecular formula is C15H28N2O3. The highest BCUT2D eigenvalue weighted by atomic mass is 16.6. The number of amides is 1. The Morgan fingerprint density at radius 1 is 1.15 bits per heavy atom. The molecule has 2 rings (SSSR count). The van der Waals surface area contributed by atoms with Crippen molar-refractivity contribution >= 4 is 6.09 Å².